The second kappa shape index (κ2) is 12.4. The number of hydrogen-bond donors (Lipinski definition) is 0. The lowest BCUT2D eigenvalue weighted by atomic mass is 10.3. The van der Waals surface area contributed by atoms with Gasteiger partial charge in [0.2, 0.25) is 0 Å². The summed E-state index contributed by atoms with van der Waals surface area (Å²) in [5, 5.41) is 0. The average Bonchev–Trinajstić information content (AvgIpc) is 2.57. The first-order chi connectivity index (χ1) is 10.8. The van der Waals surface area contributed by atoms with Crippen molar-refractivity contribution in [3.05, 3.63) is 30.3 Å². The van der Waals surface area contributed by atoms with E-state index in [0.717, 1.165) is 38.2 Å². The van der Waals surface area contributed by atoms with Gasteiger partial charge in [0.15, 0.2) is 0 Å². The van der Waals surface area contributed by atoms with E-state index in [1.165, 1.54) is 0 Å². The van der Waals surface area contributed by atoms with Crippen LogP contribution in [0.5, 0.6) is 5.75 Å². The van der Waals surface area contributed by atoms with Crippen molar-refractivity contribution in [2.24, 2.45) is 0 Å². The van der Waals surface area contributed by atoms with Gasteiger partial charge in [-0.3, -0.25) is 0 Å². The quantitative estimate of drug-likeness (QED) is 0.521. The maximum Gasteiger partial charge on any atom is 0.119 e. The van der Waals surface area contributed by atoms with Crippen LogP contribution in [0.1, 0.15) is 33.1 Å². The van der Waals surface area contributed by atoms with Crippen molar-refractivity contribution in [2.45, 2.75) is 45.3 Å². The highest BCUT2D eigenvalue weighted by Crippen LogP contribution is 2.10. The van der Waals surface area contributed by atoms with Gasteiger partial charge in [-0.1, -0.05) is 25.1 Å². The maximum absolute atomic E-state index is 5.83. The molecule has 0 fully saturated rings. The van der Waals surface area contributed by atoms with Gasteiger partial charge in [-0.25, -0.2) is 0 Å². The molecule has 1 aromatic rings. The van der Waals surface area contributed by atoms with E-state index in [1.54, 1.807) is 7.11 Å². The first-order valence-electron chi connectivity index (χ1n) is 8.16. The fourth-order valence-electron chi connectivity index (χ4n) is 1.87. The monoisotopic (exact) mass is 310 g/mol. The van der Waals surface area contributed by atoms with Crippen molar-refractivity contribution in [1.29, 1.82) is 0 Å². The molecule has 0 aliphatic rings. The standard InChI is InChI=1S/C18H30O4/c1-4-17(15-22-18-9-6-5-7-10-18)21-13-8-12-20-14-11-16(2)19-3/h5-7,9-10,16-17H,4,8,11-15H2,1-3H3. The predicted molar refractivity (Wildman–Crippen MR) is 88.5 cm³/mol. The molecule has 4 nitrogen and oxygen atoms in total. The van der Waals surface area contributed by atoms with Gasteiger partial charge in [0.05, 0.1) is 12.2 Å². The molecule has 2 atom stereocenters. The van der Waals surface area contributed by atoms with Crippen molar-refractivity contribution < 1.29 is 18.9 Å². The normalized spacial score (nSPS) is 13.8. The Labute approximate surface area is 134 Å². The highest BCUT2D eigenvalue weighted by Gasteiger charge is 2.07. The van der Waals surface area contributed by atoms with Crippen LogP contribution in [0, 0.1) is 0 Å². The van der Waals surface area contributed by atoms with Crippen molar-refractivity contribution >= 4 is 0 Å². The number of benzene rings is 1. The van der Waals surface area contributed by atoms with Gasteiger partial charge in [0.1, 0.15) is 12.4 Å². The number of ether oxygens (including phenoxy) is 4. The van der Waals surface area contributed by atoms with Crippen molar-refractivity contribution in [3.8, 4) is 5.75 Å². The van der Waals surface area contributed by atoms with Crippen LogP contribution in [0.2, 0.25) is 0 Å². The summed E-state index contributed by atoms with van der Waals surface area (Å²) in [5.41, 5.74) is 0. The first-order valence-corrected chi connectivity index (χ1v) is 8.16. The summed E-state index contributed by atoms with van der Waals surface area (Å²) < 4.78 is 22.3. The lowest BCUT2D eigenvalue weighted by Gasteiger charge is -2.17. The molecule has 0 spiro atoms. The summed E-state index contributed by atoms with van der Waals surface area (Å²) >= 11 is 0. The van der Waals surface area contributed by atoms with Crippen LogP contribution in [0.3, 0.4) is 0 Å². The van der Waals surface area contributed by atoms with Crippen molar-refractivity contribution in [2.75, 3.05) is 33.5 Å². The van der Waals surface area contributed by atoms with E-state index >= 15 is 0 Å². The largest absolute Gasteiger partial charge is 0.491 e. The molecule has 0 saturated heterocycles. The third-order valence-electron chi connectivity index (χ3n) is 3.49. The highest BCUT2D eigenvalue weighted by atomic mass is 16.5. The molecule has 0 N–H and O–H groups in total. The van der Waals surface area contributed by atoms with E-state index in [-0.39, 0.29) is 12.2 Å². The number of rotatable bonds is 13. The summed E-state index contributed by atoms with van der Waals surface area (Å²) in [6.45, 7) is 6.92. The van der Waals surface area contributed by atoms with Crippen LogP contribution >= 0.6 is 0 Å². The molecule has 1 aromatic carbocycles. The Bertz CT molecular complexity index is 355. The molecule has 0 aliphatic heterocycles. The van der Waals surface area contributed by atoms with E-state index < -0.39 is 0 Å². The molecule has 0 heterocycles. The Morgan fingerprint density at radius 1 is 1.05 bits per heavy atom. The molecule has 0 aromatic heterocycles. The van der Waals surface area contributed by atoms with Gasteiger partial charge >= 0.3 is 0 Å². The molecule has 4 heteroatoms. The van der Waals surface area contributed by atoms with E-state index in [9.17, 15) is 0 Å². The highest BCUT2D eigenvalue weighted by molar-refractivity contribution is 5.20. The Kier molecular flexibility index (Phi) is 10.7. The number of hydrogen-bond acceptors (Lipinski definition) is 4. The molecular weight excluding hydrogens is 280 g/mol. The van der Waals surface area contributed by atoms with Crippen molar-refractivity contribution in [1.82, 2.24) is 0 Å². The van der Waals surface area contributed by atoms with Crippen molar-refractivity contribution in [3.63, 3.8) is 0 Å². The molecule has 2 unspecified atom stereocenters. The minimum Gasteiger partial charge on any atom is -0.491 e. The Morgan fingerprint density at radius 2 is 1.82 bits per heavy atom. The zero-order valence-corrected chi connectivity index (χ0v) is 14.1. The second-order valence-electron chi connectivity index (χ2n) is 5.33. The van der Waals surface area contributed by atoms with Crippen LogP contribution in [0.15, 0.2) is 30.3 Å². The third-order valence-corrected chi connectivity index (χ3v) is 3.49. The molecule has 0 aliphatic carbocycles. The van der Waals surface area contributed by atoms with Gasteiger partial charge in [-0.05, 0) is 38.3 Å². The van der Waals surface area contributed by atoms with Crippen LogP contribution in [-0.2, 0) is 14.2 Å². The zero-order chi connectivity index (χ0) is 16.0. The lowest BCUT2D eigenvalue weighted by Crippen LogP contribution is -2.22. The van der Waals surface area contributed by atoms with Gasteiger partial charge in [-0.15, -0.1) is 0 Å². The van der Waals surface area contributed by atoms with Gasteiger partial charge in [0.25, 0.3) is 0 Å². The minimum atomic E-state index is 0.133. The average molecular weight is 310 g/mol. The minimum absolute atomic E-state index is 0.133. The van der Waals surface area contributed by atoms with E-state index in [4.69, 9.17) is 18.9 Å². The smallest absolute Gasteiger partial charge is 0.119 e. The van der Waals surface area contributed by atoms with Gasteiger partial charge < -0.3 is 18.9 Å². The Balaban J connectivity index is 2.02. The Morgan fingerprint density at radius 3 is 2.50 bits per heavy atom. The van der Waals surface area contributed by atoms with Crippen LogP contribution in [0.4, 0.5) is 0 Å². The van der Waals surface area contributed by atoms with Crippen LogP contribution in [0.25, 0.3) is 0 Å². The lowest BCUT2D eigenvalue weighted by molar-refractivity contribution is 0.00268. The summed E-state index contributed by atoms with van der Waals surface area (Å²) in [5.74, 6) is 0.889. The zero-order valence-electron chi connectivity index (χ0n) is 14.1. The Hall–Kier alpha value is -1.10. The predicted octanol–water partition coefficient (Wildman–Crippen LogP) is 3.69. The molecule has 22 heavy (non-hydrogen) atoms. The van der Waals surface area contributed by atoms with Crippen LogP contribution < -0.4 is 4.74 Å². The first kappa shape index (κ1) is 18.9. The topological polar surface area (TPSA) is 36.9 Å². The number of para-hydroxylation sites is 1. The van der Waals surface area contributed by atoms with Crippen LogP contribution in [-0.4, -0.2) is 45.7 Å². The molecule has 0 bridgehead atoms. The fourth-order valence-corrected chi connectivity index (χ4v) is 1.87. The summed E-state index contributed by atoms with van der Waals surface area (Å²) in [6, 6.07) is 9.84. The summed E-state index contributed by atoms with van der Waals surface area (Å²) in [6.07, 6.45) is 3.17. The van der Waals surface area contributed by atoms with Gasteiger partial charge in [-0.2, -0.15) is 0 Å². The molecule has 0 radical (unpaired) electrons. The molecule has 0 amide bonds. The molecule has 1 rings (SSSR count). The maximum atomic E-state index is 5.83. The molecule has 0 saturated carbocycles. The fraction of sp³-hybridized carbons (Fsp3) is 0.667. The van der Waals surface area contributed by atoms with E-state index in [0.29, 0.717) is 13.2 Å². The third kappa shape index (κ3) is 9.03. The van der Waals surface area contributed by atoms with Gasteiger partial charge in [0, 0.05) is 26.9 Å². The second-order valence-corrected chi connectivity index (χ2v) is 5.33. The number of methoxy groups -OCH3 is 1. The summed E-state index contributed by atoms with van der Waals surface area (Å²) in [7, 11) is 1.72. The molecular formula is C18H30O4. The van der Waals surface area contributed by atoms with E-state index in [1.807, 2.05) is 37.3 Å². The van der Waals surface area contributed by atoms with E-state index in [2.05, 4.69) is 6.92 Å². The summed E-state index contributed by atoms with van der Waals surface area (Å²) in [4.78, 5) is 0. The SMILES string of the molecule is CCC(COc1ccccc1)OCCCOCCC(C)OC. The molecule has 126 valence electrons.